The Kier molecular flexibility index (Phi) is 4.03. The predicted octanol–water partition coefficient (Wildman–Crippen LogP) is 4.05. The van der Waals surface area contributed by atoms with E-state index in [0.717, 1.165) is 3.57 Å². The smallest absolute Gasteiger partial charge is 0.299 e. The highest BCUT2D eigenvalue weighted by molar-refractivity contribution is 14.1. The van der Waals surface area contributed by atoms with Crippen molar-refractivity contribution in [3.05, 3.63) is 51.1 Å². The normalized spacial score (nSPS) is 23.2. The molecule has 2 aliphatic rings. The van der Waals surface area contributed by atoms with E-state index in [4.69, 9.17) is 0 Å². The van der Waals surface area contributed by atoms with Gasteiger partial charge in [0.15, 0.2) is 0 Å². The molecule has 130 valence electrons. The van der Waals surface area contributed by atoms with Gasteiger partial charge in [-0.25, -0.2) is 4.39 Å². The number of fused-ring (bicyclic) bond motifs is 3. The lowest BCUT2D eigenvalue weighted by Crippen LogP contribution is -2.35. The van der Waals surface area contributed by atoms with Crippen LogP contribution in [-0.4, -0.2) is 24.7 Å². The third kappa shape index (κ3) is 2.83. The Morgan fingerprint density at radius 1 is 1.16 bits per heavy atom. The Bertz CT molecular complexity index is 871. The molecule has 1 heterocycles. The average Bonchev–Trinajstić information content (AvgIpc) is 3.09. The number of alkyl halides is 3. The lowest BCUT2D eigenvalue weighted by molar-refractivity contribution is -0.117. The first kappa shape index (κ1) is 16.8. The van der Waals surface area contributed by atoms with E-state index in [1.807, 2.05) is 22.6 Å². The van der Waals surface area contributed by atoms with Gasteiger partial charge in [-0.2, -0.15) is 8.78 Å². The van der Waals surface area contributed by atoms with Crippen molar-refractivity contribution >= 4 is 34.2 Å². The summed E-state index contributed by atoms with van der Waals surface area (Å²) in [5, 5.41) is 5.39. The van der Waals surface area contributed by atoms with E-state index in [2.05, 4.69) is 10.6 Å². The van der Waals surface area contributed by atoms with Gasteiger partial charge in [0, 0.05) is 33.4 Å². The fourth-order valence-electron chi connectivity index (χ4n) is 3.39. The van der Waals surface area contributed by atoms with Gasteiger partial charge in [-0.3, -0.25) is 4.79 Å². The number of hydrogen-bond acceptors (Lipinski definition) is 2. The van der Waals surface area contributed by atoms with Gasteiger partial charge in [0.25, 0.3) is 5.92 Å². The Balaban J connectivity index is 1.64. The summed E-state index contributed by atoms with van der Waals surface area (Å²) >= 11 is 2.01. The fraction of sp³-hybridized carbons (Fsp3) is 0.278. The summed E-state index contributed by atoms with van der Waals surface area (Å²) in [7, 11) is 0. The summed E-state index contributed by atoms with van der Waals surface area (Å²) < 4.78 is 43.5. The van der Waals surface area contributed by atoms with Crippen LogP contribution in [0.4, 0.5) is 18.9 Å². The first-order valence-corrected chi connectivity index (χ1v) is 8.95. The van der Waals surface area contributed by atoms with Crippen LogP contribution in [0.25, 0.3) is 11.1 Å². The standard InChI is InChI=1S/C18H14F3IN2O/c19-9-5-16(23-8-9)17(25)24-11-2-4-13-12-3-1-10(22)6-14(12)18(20,21)15(13)7-11/h1-4,6-7,9,16,23H,5,8H2,(H,24,25)/t9-,16-/m0/s1. The zero-order valence-electron chi connectivity index (χ0n) is 13.0. The lowest BCUT2D eigenvalue weighted by Gasteiger charge is -2.15. The average molecular weight is 458 g/mol. The van der Waals surface area contributed by atoms with Crippen LogP contribution in [0.15, 0.2) is 36.4 Å². The fourth-order valence-corrected chi connectivity index (χ4v) is 3.89. The van der Waals surface area contributed by atoms with Crippen molar-refractivity contribution in [2.45, 2.75) is 24.6 Å². The molecule has 1 aliphatic carbocycles. The quantitative estimate of drug-likeness (QED) is 0.668. The van der Waals surface area contributed by atoms with Crippen LogP contribution >= 0.6 is 22.6 Å². The molecule has 0 bridgehead atoms. The maximum Gasteiger partial charge on any atom is 0.299 e. The molecule has 2 atom stereocenters. The van der Waals surface area contributed by atoms with Gasteiger partial charge in [0.1, 0.15) is 6.17 Å². The van der Waals surface area contributed by atoms with Crippen molar-refractivity contribution in [2.24, 2.45) is 0 Å². The summed E-state index contributed by atoms with van der Waals surface area (Å²) in [6.07, 6.45) is -0.964. The third-order valence-corrected chi connectivity index (χ3v) is 5.30. The zero-order chi connectivity index (χ0) is 17.8. The molecule has 4 rings (SSSR count). The summed E-state index contributed by atoms with van der Waals surface area (Å²) in [6, 6.07) is 8.83. The van der Waals surface area contributed by atoms with Crippen molar-refractivity contribution in [1.29, 1.82) is 0 Å². The first-order valence-electron chi connectivity index (χ1n) is 7.87. The molecule has 1 fully saturated rings. The number of halogens is 4. The molecule has 0 spiro atoms. The SMILES string of the molecule is O=C(Nc1ccc2c(c1)C(F)(F)c1cc(I)ccc1-2)[C@@H]1C[C@H](F)CN1. The number of hydrogen-bond donors (Lipinski definition) is 2. The number of carbonyl (C=O) groups excluding carboxylic acids is 1. The van der Waals surface area contributed by atoms with E-state index < -0.39 is 24.0 Å². The van der Waals surface area contributed by atoms with Crippen LogP contribution in [0, 0.1) is 3.57 Å². The Labute approximate surface area is 156 Å². The minimum atomic E-state index is -3.11. The minimum absolute atomic E-state index is 0.0180. The Morgan fingerprint density at radius 2 is 1.84 bits per heavy atom. The third-order valence-electron chi connectivity index (χ3n) is 4.63. The van der Waals surface area contributed by atoms with Crippen molar-refractivity contribution in [3.63, 3.8) is 0 Å². The van der Waals surface area contributed by atoms with Crippen LogP contribution in [-0.2, 0) is 10.7 Å². The number of anilines is 1. The number of benzene rings is 2. The molecule has 1 amide bonds. The largest absolute Gasteiger partial charge is 0.325 e. The van der Waals surface area contributed by atoms with Gasteiger partial charge >= 0.3 is 0 Å². The number of amides is 1. The molecule has 0 radical (unpaired) electrons. The number of carbonyl (C=O) groups is 1. The summed E-state index contributed by atoms with van der Waals surface area (Å²) in [5.41, 5.74) is 1.13. The molecule has 2 aromatic rings. The highest BCUT2D eigenvalue weighted by Gasteiger charge is 2.44. The maximum absolute atomic E-state index is 14.8. The molecule has 25 heavy (non-hydrogen) atoms. The summed E-state index contributed by atoms with van der Waals surface area (Å²) in [4.78, 5) is 12.2. The molecule has 1 saturated heterocycles. The van der Waals surface area contributed by atoms with Gasteiger partial charge < -0.3 is 10.6 Å². The molecular formula is C18H14F3IN2O. The van der Waals surface area contributed by atoms with Crippen LogP contribution in [0.1, 0.15) is 17.5 Å². The predicted molar refractivity (Wildman–Crippen MR) is 97.5 cm³/mol. The van der Waals surface area contributed by atoms with Crippen molar-refractivity contribution in [2.75, 3.05) is 11.9 Å². The van der Waals surface area contributed by atoms with Crippen molar-refractivity contribution < 1.29 is 18.0 Å². The molecule has 3 nitrogen and oxygen atoms in total. The highest BCUT2D eigenvalue weighted by Crippen LogP contribution is 2.51. The molecule has 0 aromatic heterocycles. The number of rotatable bonds is 2. The molecule has 1 aliphatic heterocycles. The van der Waals surface area contributed by atoms with E-state index in [1.165, 1.54) is 12.1 Å². The second-order valence-electron chi connectivity index (χ2n) is 6.31. The van der Waals surface area contributed by atoms with Crippen molar-refractivity contribution in [3.8, 4) is 11.1 Å². The zero-order valence-corrected chi connectivity index (χ0v) is 15.1. The van der Waals surface area contributed by atoms with Gasteiger partial charge in [-0.15, -0.1) is 0 Å². The monoisotopic (exact) mass is 458 g/mol. The molecule has 7 heteroatoms. The summed E-state index contributed by atoms with van der Waals surface area (Å²) in [5.74, 6) is -3.52. The van der Waals surface area contributed by atoms with E-state index >= 15 is 0 Å². The van der Waals surface area contributed by atoms with Gasteiger partial charge in [-0.05, 0) is 58.0 Å². The number of nitrogens with one attached hydrogen (secondary N) is 2. The van der Waals surface area contributed by atoms with E-state index in [1.54, 1.807) is 24.3 Å². The highest BCUT2D eigenvalue weighted by atomic mass is 127. The maximum atomic E-state index is 14.8. The Morgan fingerprint density at radius 3 is 2.52 bits per heavy atom. The van der Waals surface area contributed by atoms with Gasteiger partial charge in [0.05, 0.1) is 6.04 Å². The molecule has 0 unspecified atom stereocenters. The molecule has 2 aromatic carbocycles. The van der Waals surface area contributed by atoms with Crippen LogP contribution in [0.5, 0.6) is 0 Å². The second kappa shape index (κ2) is 5.98. The van der Waals surface area contributed by atoms with Crippen molar-refractivity contribution in [1.82, 2.24) is 5.32 Å². The summed E-state index contributed by atoms with van der Waals surface area (Å²) in [6.45, 7) is 0.133. The van der Waals surface area contributed by atoms with Crippen LogP contribution in [0.2, 0.25) is 0 Å². The molecule has 2 N–H and O–H groups in total. The topological polar surface area (TPSA) is 41.1 Å². The van der Waals surface area contributed by atoms with Crippen LogP contribution < -0.4 is 10.6 Å². The molecule has 0 saturated carbocycles. The van der Waals surface area contributed by atoms with Gasteiger partial charge in [0.2, 0.25) is 5.91 Å². The minimum Gasteiger partial charge on any atom is -0.325 e. The lowest BCUT2D eigenvalue weighted by atomic mass is 10.1. The molecular weight excluding hydrogens is 444 g/mol. The van der Waals surface area contributed by atoms with E-state index in [-0.39, 0.29) is 29.8 Å². The second-order valence-corrected chi connectivity index (χ2v) is 7.55. The first-order chi connectivity index (χ1) is 11.9. The van der Waals surface area contributed by atoms with E-state index in [0.29, 0.717) is 11.1 Å². The van der Waals surface area contributed by atoms with Gasteiger partial charge in [-0.1, -0.05) is 12.1 Å². The van der Waals surface area contributed by atoms with Crippen LogP contribution in [0.3, 0.4) is 0 Å². The Hall–Kier alpha value is -1.61. The van der Waals surface area contributed by atoms with E-state index in [9.17, 15) is 18.0 Å².